The van der Waals surface area contributed by atoms with Crippen LogP contribution in [0.15, 0.2) is 47.9 Å². The summed E-state index contributed by atoms with van der Waals surface area (Å²) in [4.78, 5) is 12.0. The summed E-state index contributed by atoms with van der Waals surface area (Å²) >= 11 is 0. The number of rotatable bonds is 3. The van der Waals surface area contributed by atoms with Crippen LogP contribution in [-0.2, 0) is 9.84 Å². The Labute approximate surface area is 121 Å². The fraction of sp³-hybridized carbons (Fsp3) is 0.143. The van der Waals surface area contributed by atoms with Gasteiger partial charge in [-0.25, -0.2) is 8.42 Å². The molecule has 1 atom stereocenters. The smallest absolute Gasteiger partial charge is 0.269 e. The average molecular weight is 303 g/mol. The van der Waals surface area contributed by atoms with Crippen molar-refractivity contribution in [2.45, 2.75) is 6.04 Å². The van der Waals surface area contributed by atoms with Crippen molar-refractivity contribution in [1.82, 2.24) is 15.5 Å². The number of nitrogens with one attached hydrogen (secondary N) is 2. The Kier molecular flexibility index (Phi) is 3.34. The Hall–Kier alpha value is -2.41. The van der Waals surface area contributed by atoms with E-state index >= 15 is 0 Å². The van der Waals surface area contributed by atoms with Crippen molar-refractivity contribution < 1.29 is 13.2 Å². The van der Waals surface area contributed by atoms with E-state index in [0.717, 1.165) is 11.0 Å². The quantitative estimate of drug-likeness (QED) is 0.888. The molecule has 0 spiro atoms. The summed E-state index contributed by atoms with van der Waals surface area (Å²) in [5.74, 6) is -0.477. The lowest BCUT2D eigenvalue weighted by molar-refractivity contribution is 0.0942. The SMILES string of the molecule is O=C(NC1C=CS(=O)(=O)C1)c1cc(-c2ccccc2)n[nH]1. The monoisotopic (exact) mass is 303 g/mol. The normalized spacial score (nSPS) is 19.5. The maximum atomic E-state index is 12.0. The molecule has 0 saturated carbocycles. The van der Waals surface area contributed by atoms with E-state index < -0.39 is 15.9 Å². The summed E-state index contributed by atoms with van der Waals surface area (Å²) in [6.07, 6.45) is 1.47. The van der Waals surface area contributed by atoms with E-state index in [-0.39, 0.29) is 11.7 Å². The minimum Gasteiger partial charge on any atom is -0.343 e. The number of nitrogens with zero attached hydrogens (tertiary/aromatic N) is 1. The zero-order valence-electron chi connectivity index (χ0n) is 11.0. The van der Waals surface area contributed by atoms with Crippen LogP contribution in [0.3, 0.4) is 0 Å². The molecule has 108 valence electrons. The highest BCUT2D eigenvalue weighted by molar-refractivity contribution is 7.94. The van der Waals surface area contributed by atoms with Crippen molar-refractivity contribution in [3.05, 3.63) is 53.6 Å². The molecule has 2 N–H and O–H groups in total. The molecule has 1 aliphatic rings. The van der Waals surface area contributed by atoms with E-state index in [1.807, 2.05) is 30.3 Å². The second kappa shape index (κ2) is 5.17. The molecule has 2 heterocycles. The summed E-state index contributed by atoms with van der Waals surface area (Å²) in [5.41, 5.74) is 1.86. The molecule has 3 rings (SSSR count). The van der Waals surface area contributed by atoms with Crippen LogP contribution < -0.4 is 5.32 Å². The van der Waals surface area contributed by atoms with Gasteiger partial charge < -0.3 is 5.32 Å². The van der Waals surface area contributed by atoms with Crippen molar-refractivity contribution in [3.63, 3.8) is 0 Å². The molecule has 1 aromatic heterocycles. The summed E-state index contributed by atoms with van der Waals surface area (Å²) in [6.45, 7) is 0. The third-order valence-electron chi connectivity index (χ3n) is 3.14. The van der Waals surface area contributed by atoms with Gasteiger partial charge in [0, 0.05) is 11.0 Å². The molecular weight excluding hydrogens is 290 g/mol. The predicted octanol–water partition coefficient (Wildman–Crippen LogP) is 1.12. The molecule has 1 aromatic carbocycles. The van der Waals surface area contributed by atoms with E-state index in [1.165, 1.54) is 6.08 Å². The van der Waals surface area contributed by atoms with Gasteiger partial charge in [-0.1, -0.05) is 30.3 Å². The van der Waals surface area contributed by atoms with Crippen LogP contribution in [0.25, 0.3) is 11.3 Å². The van der Waals surface area contributed by atoms with Gasteiger partial charge in [0.1, 0.15) is 5.69 Å². The van der Waals surface area contributed by atoms with Crippen LogP contribution in [0.1, 0.15) is 10.5 Å². The first kappa shape index (κ1) is 13.6. The summed E-state index contributed by atoms with van der Waals surface area (Å²) in [7, 11) is -3.18. The first-order valence-electron chi connectivity index (χ1n) is 6.36. The van der Waals surface area contributed by atoms with Crippen LogP contribution in [0.4, 0.5) is 0 Å². The third kappa shape index (κ3) is 3.03. The van der Waals surface area contributed by atoms with Gasteiger partial charge in [0.2, 0.25) is 0 Å². The van der Waals surface area contributed by atoms with Gasteiger partial charge in [0.05, 0.1) is 17.5 Å². The highest BCUT2D eigenvalue weighted by Gasteiger charge is 2.24. The minimum absolute atomic E-state index is 0.0988. The van der Waals surface area contributed by atoms with Crippen molar-refractivity contribution in [3.8, 4) is 11.3 Å². The van der Waals surface area contributed by atoms with Crippen molar-refractivity contribution in [2.75, 3.05) is 5.75 Å². The number of hydrogen-bond donors (Lipinski definition) is 2. The second-order valence-corrected chi connectivity index (χ2v) is 6.70. The highest BCUT2D eigenvalue weighted by Crippen LogP contribution is 2.17. The van der Waals surface area contributed by atoms with Gasteiger partial charge in [-0.15, -0.1) is 0 Å². The summed E-state index contributed by atoms with van der Waals surface area (Å²) in [6, 6.07) is 10.6. The second-order valence-electron chi connectivity index (χ2n) is 4.77. The lowest BCUT2D eigenvalue weighted by Gasteiger charge is -2.07. The third-order valence-corrected chi connectivity index (χ3v) is 4.53. The number of hydrogen-bond acceptors (Lipinski definition) is 4. The Morgan fingerprint density at radius 3 is 2.71 bits per heavy atom. The van der Waals surface area contributed by atoms with E-state index in [0.29, 0.717) is 11.4 Å². The van der Waals surface area contributed by atoms with Gasteiger partial charge in [0.25, 0.3) is 5.91 Å². The van der Waals surface area contributed by atoms with Gasteiger partial charge in [-0.05, 0) is 12.1 Å². The minimum atomic E-state index is -3.18. The molecule has 0 aliphatic carbocycles. The number of carbonyl (C=O) groups is 1. The topological polar surface area (TPSA) is 91.9 Å². The van der Waals surface area contributed by atoms with Crippen LogP contribution in [0, 0.1) is 0 Å². The predicted molar refractivity (Wildman–Crippen MR) is 78.2 cm³/mol. The number of benzene rings is 1. The standard InChI is InChI=1S/C14H13N3O3S/c18-14(15-11-6-7-21(19,20)9-11)13-8-12(16-17-13)10-4-2-1-3-5-10/h1-8,11H,9H2,(H,15,18)(H,16,17). The first-order chi connectivity index (χ1) is 10.0. The Balaban J connectivity index is 1.72. The molecule has 0 bridgehead atoms. The van der Waals surface area contributed by atoms with Crippen molar-refractivity contribution >= 4 is 15.7 Å². The van der Waals surface area contributed by atoms with Crippen LogP contribution in [0.2, 0.25) is 0 Å². The average Bonchev–Trinajstić information content (AvgIpc) is 3.07. The molecule has 7 heteroatoms. The van der Waals surface area contributed by atoms with Crippen molar-refractivity contribution in [2.24, 2.45) is 0 Å². The molecule has 6 nitrogen and oxygen atoms in total. The number of aromatic amines is 1. The lowest BCUT2D eigenvalue weighted by Crippen LogP contribution is -2.35. The van der Waals surface area contributed by atoms with E-state index in [4.69, 9.17) is 0 Å². The Bertz CT molecular complexity index is 794. The Morgan fingerprint density at radius 2 is 2.05 bits per heavy atom. The van der Waals surface area contributed by atoms with Crippen LogP contribution in [-0.4, -0.2) is 36.3 Å². The molecule has 1 unspecified atom stereocenters. The molecule has 21 heavy (non-hydrogen) atoms. The van der Waals surface area contributed by atoms with Crippen LogP contribution in [0.5, 0.6) is 0 Å². The fourth-order valence-electron chi connectivity index (χ4n) is 2.11. The molecule has 0 saturated heterocycles. The molecule has 2 aromatic rings. The van der Waals surface area contributed by atoms with Gasteiger partial charge >= 0.3 is 0 Å². The van der Waals surface area contributed by atoms with Crippen molar-refractivity contribution in [1.29, 1.82) is 0 Å². The summed E-state index contributed by atoms with van der Waals surface area (Å²) < 4.78 is 22.6. The number of aromatic nitrogens is 2. The maximum absolute atomic E-state index is 12.0. The fourth-order valence-corrected chi connectivity index (χ4v) is 3.34. The number of sulfone groups is 1. The lowest BCUT2D eigenvalue weighted by atomic mass is 10.1. The number of carbonyl (C=O) groups excluding carboxylic acids is 1. The Morgan fingerprint density at radius 1 is 1.29 bits per heavy atom. The molecule has 1 amide bonds. The van der Waals surface area contributed by atoms with E-state index in [2.05, 4.69) is 15.5 Å². The van der Waals surface area contributed by atoms with Gasteiger partial charge in [-0.3, -0.25) is 9.89 Å². The van der Waals surface area contributed by atoms with Gasteiger partial charge in [0.15, 0.2) is 9.84 Å². The maximum Gasteiger partial charge on any atom is 0.269 e. The number of amides is 1. The largest absolute Gasteiger partial charge is 0.343 e. The molecule has 0 fully saturated rings. The molecule has 0 radical (unpaired) electrons. The number of H-pyrrole nitrogens is 1. The highest BCUT2D eigenvalue weighted by atomic mass is 32.2. The van der Waals surface area contributed by atoms with E-state index in [1.54, 1.807) is 6.07 Å². The van der Waals surface area contributed by atoms with E-state index in [9.17, 15) is 13.2 Å². The molecular formula is C14H13N3O3S. The summed E-state index contributed by atoms with van der Waals surface area (Å²) in [5, 5.41) is 10.5. The van der Waals surface area contributed by atoms with Gasteiger partial charge in [-0.2, -0.15) is 5.10 Å². The first-order valence-corrected chi connectivity index (χ1v) is 8.08. The zero-order valence-corrected chi connectivity index (χ0v) is 11.8. The molecule has 1 aliphatic heterocycles. The zero-order chi connectivity index (χ0) is 14.9. The van der Waals surface area contributed by atoms with Crippen LogP contribution >= 0.6 is 0 Å².